The summed E-state index contributed by atoms with van der Waals surface area (Å²) in [5.41, 5.74) is 2.04. The van der Waals surface area contributed by atoms with E-state index in [4.69, 9.17) is 0 Å². The SMILES string of the molecule is CC1=CC(F)=C(C)C(C)C1. The summed E-state index contributed by atoms with van der Waals surface area (Å²) in [7, 11) is 0. The Morgan fingerprint density at radius 1 is 1.50 bits per heavy atom. The summed E-state index contributed by atoms with van der Waals surface area (Å²) in [6.45, 7) is 5.90. The van der Waals surface area contributed by atoms with Crippen LogP contribution in [0.5, 0.6) is 0 Å². The van der Waals surface area contributed by atoms with Gasteiger partial charge in [0.2, 0.25) is 0 Å². The number of rotatable bonds is 0. The Kier molecular flexibility index (Phi) is 1.93. The van der Waals surface area contributed by atoms with Gasteiger partial charge in [0.25, 0.3) is 0 Å². The van der Waals surface area contributed by atoms with Gasteiger partial charge < -0.3 is 0 Å². The molecule has 1 aliphatic rings. The molecular weight excluding hydrogens is 127 g/mol. The summed E-state index contributed by atoms with van der Waals surface area (Å²) in [5, 5.41) is 0. The third-order valence-electron chi connectivity index (χ3n) is 2.12. The second kappa shape index (κ2) is 2.57. The molecule has 0 radical (unpaired) electrons. The molecule has 0 nitrogen and oxygen atoms in total. The first-order valence-electron chi connectivity index (χ1n) is 3.64. The van der Waals surface area contributed by atoms with Crippen molar-refractivity contribution in [3.8, 4) is 0 Å². The Hall–Kier alpha value is -0.590. The van der Waals surface area contributed by atoms with Crippen molar-refractivity contribution in [2.24, 2.45) is 5.92 Å². The van der Waals surface area contributed by atoms with E-state index in [2.05, 4.69) is 6.92 Å². The quantitative estimate of drug-likeness (QED) is 0.484. The highest BCUT2D eigenvalue weighted by atomic mass is 19.1. The molecule has 0 heterocycles. The molecular formula is C9H13F. The first-order chi connectivity index (χ1) is 4.61. The van der Waals surface area contributed by atoms with Crippen molar-refractivity contribution in [1.29, 1.82) is 0 Å². The van der Waals surface area contributed by atoms with E-state index >= 15 is 0 Å². The van der Waals surface area contributed by atoms with Gasteiger partial charge in [-0.15, -0.1) is 0 Å². The Bertz CT molecular complexity index is 199. The predicted octanol–water partition coefficient (Wildman–Crippen LogP) is 3.22. The standard InChI is InChI=1S/C9H13F/c1-6-4-7(2)8(3)9(10)5-6/h5,7H,4H2,1-3H3. The molecule has 56 valence electrons. The van der Waals surface area contributed by atoms with Crippen LogP contribution in [0.4, 0.5) is 4.39 Å². The van der Waals surface area contributed by atoms with Gasteiger partial charge in [-0.2, -0.15) is 0 Å². The molecule has 0 saturated carbocycles. The maximum Gasteiger partial charge on any atom is 0.122 e. The van der Waals surface area contributed by atoms with Crippen molar-refractivity contribution >= 4 is 0 Å². The van der Waals surface area contributed by atoms with Gasteiger partial charge >= 0.3 is 0 Å². The monoisotopic (exact) mass is 140 g/mol. The molecule has 0 saturated heterocycles. The number of allylic oxidation sites excluding steroid dienone is 4. The highest BCUT2D eigenvalue weighted by molar-refractivity contribution is 5.28. The van der Waals surface area contributed by atoms with Crippen LogP contribution in [0.1, 0.15) is 27.2 Å². The summed E-state index contributed by atoms with van der Waals surface area (Å²) in [6, 6.07) is 0. The average molecular weight is 140 g/mol. The zero-order chi connectivity index (χ0) is 7.72. The van der Waals surface area contributed by atoms with Crippen molar-refractivity contribution < 1.29 is 4.39 Å². The minimum Gasteiger partial charge on any atom is -0.207 e. The molecule has 0 N–H and O–H groups in total. The van der Waals surface area contributed by atoms with E-state index < -0.39 is 0 Å². The van der Waals surface area contributed by atoms with E-state index in [-0.39, 0.29) is 5.83 Å². The number of halogens is 1. The smallest absolute Gasteiger partial charge is 0.122 e. The minimum absolute atomic E-state index is 0.0312. The van der Waals surface area contributed by atoms with Crippen LogP contribution in [0.25, 0.3) is 0 Å². The highest BCUT2D eigenvalue weighted by Crippen LogP contribution is 2.28. The second-order valence-electron chi connectivity index (χ2n) is 3.13. The maximum atomic E-state index is 12.9. The lowest BCUT2D eigenvalue weighted by molar-refractivity contribution is 0.571. The maximum absolute atomic E-state index is 12.9. The van der Waals surface area contributed by atoms with E-state index in [1.165, 1.54) is 0 Å². The third-order valence-corrected chi connectivity index (χ3v) is 2.12. The molecule has 0 spiro atoms. The van der Waals surface area contributed by atoms with E-state index in [1.807, 2.05) is 13.8 Å². The van der Waals surface area contributed by atoms with Gasteiger partial charge in [0.15, 0.2) is 0 Å². The summed E-state index contributed by atoms with van der Waals surface area (Å²) in [4.78, 5) is 0. The Morgan fingerprint density at radius 3 is 2.60 bits per heavy atom. The zero-order valence-corrected chi connectivity index (χ0v) is 6.74. The van der Waals surface area contributed by atoms with Crippen molar-refractivity contribution in [1.82, 2.24) is 0 Å². The summed E-state index contributed by atoms with van der Waals surface area (Å²) in [6.07, 6.45) is 2.65. The first-order valence-corrected chi connectivity index (χ1v) is 3.64. The Labute approximate surface area is 61.4 Å². The number of hydrogen-bond acceptors (Lipinski definition) is 0. The van der Waals surface area contributed by atoms with Crippen LogP contribution < -0.4 is 0 Å². The van der Waals surface area contributed by atoms with E-state index in [0.29, 0.717) is 5.92 Å². The molecule has 0 aliphatic heterocycles. The summed E-state index contributed by atoms with van der Waals surface area (Å²) >= 11 is 0. The van der Waals surface area contributed by atoms with Crippen LogP contribution in [0.3, 0.4) is 0 Å². The molecule has 1 unspecified atom stereocenters. The summed E-state index contributed by atoms with van der Waals surface area (Å²) in [5.74, 6) is 0.362. The van der Waals surface area contributed by atoms with Gasteiger partial charge in [0.05, 0.1) is 0 Å². The largest absolute Gasteiger partial charge is 0.207 e. The van der Waals surface area contributed by atoms with Crippen molar-refractivity contribution in [2.45, 2.75) is 27.2 Å². The molecule has 0 bridgehead atoms. The molecule has 1 heteroatoms. The molecule has 0 aromatic rings. The van der Waals surface area contributed by atoms with Gasteiger partial charge in [-0.3, -0.25) is 0 Å². The molecule has 1 aliphatic carbocycles. The minimum atomic E-state index is -0.0312. The van der Waals surface area contributed by atoms with Crippen molar-refractivity contribution in [2.75, 3.05) is 0 Å². The van der Waals surface area contributed by atoms with Gasteiger partial charge in [-0.25, -0.2) is 4.39 Å². The molecule has 0 fully saturated rings. The van der Waals surface area contributed by atoms with Gasteiger partial charge in [-0.05, 0) is 37.8 Å². The summed E-state index contributed by atoms with van der Waals surface area (Å²) < 4.78 is 12.9. The molecule has 10 heavy (non-hydrogen) atoms. The lowest BCUT2D eigenvalue weighted by Gasteiger charge is -2.17. The third kappa shape index (κ3) is 1.28. The van der Waals surface area contributed by atoms with Crippen LogP contribution in [-0.4, -0.2) is 0 Å². The van der Waals surface area contributed by atoms with Gasteiger partial charge in [-0.1, -0.05) is 12.5 Å². The van der Waals surface area contributed by atoms with E-state index in [0.717, 1.165) is 17.6 Å². The predicted molar refractivity (Wildman–Crippen MR) is 41.3 cm³/mol. The van der Waals surface area contributed by atoms with Gasteiger partial charge in [0, 0.05) is 0 Å². The molecule has 1 rings (SSSR count). The van der Waals surface area contributed by atoms with Crippen LogP contribution in [0, 0.1) is 5.92 Å². The Morgan fingerprint density at radius 2 is 2.10 bits per heavy atom. The molecule has 0 aromatic carbocycles. The second-order valence-corrected chi connectivity index (χ2v) is 3.13. The lowest BCUT2D eigenvalue weighted by Crippen LogP contribution is -2.03. The van der Waals surface area contributed by atoms with Crippen LogP contribution in [0.2, 0.25) is 0 Å². The van der Waals surface area contributed by atoms with Crippen LogP contribution in [0.15, 0.2) is 23.0 Å². The van der Waals surface area contributed by atoms with Crippen molar-refractivity contribution in [3.05, 3.63) is 23.0 Å². The fraction of sp³-hybridized carbons (Fsp3) is 0.556. The fourth-order valence-corrected chi connectivity index (χ4v) is 1.26. The number of hydrogen-bond donors (Lipinski definition) is 0. The van der Waals surface area contributed by atoms with Crippen LogP contribution in [-0.2, 0) is 0 Å². The average Bonchev–Trinajstić information content (AvgIpc) is 1.82. The van der Waals surface area contributed by atoms with Crippen molar-refractivity contribution in [3.63, 3.8) is 0 Å². The lowest BCUT2D eigenvalue weighted by atomic mass is 9.90. The van der Waals surface area contributed by atoms with E-state index in [1.54, 1.807) is 6.08 Å². The van der Waals surface area contributed by atoms with Gasteiger partial charge in [0.1, 0.15) is 5.83 Å². The first kappa shape index (κ1) is 7.52. The molecule has 0 amide bonds. The molecule has 1 atom stereocenters. The van der Waals surface area contributed by atoms with E-state index in [9.17, 15) is 4.39 Å². The van der Waals surface area contributed by atoms with Crippen LogP contribution >= 0.6 is 0 Å². The zero-order valence-electron chi connectivity index (χ0n) is 6.74. The highest BCUT2D eigenvalue weighted by Gasteiger charge is 2.14. The normalized spacial score (nSPS) is 26.8. The Balaban J connectivity index is 2.92. The molecule has 0 aromatic heterocycles. The fourth-order valence-electron chi connectivity index (χ4n) is 1.26. The topological polar surface area (TPSA) is 0 Å².